The summed E-state index contributed by atoms with van der Waals surface area (Å²) in [6, 6.07) is 0. The van der Waals surface area contributed by atoms with Crippen LogP contribution in [0.2, 0.25) is 0 Å². The second-order valence-corrected chi connectivity index (χ2v) is 10.7. The van der Waals surface area contributed by atoms with Gasteiger partial charge in [0.25, 0.3) is 0 Å². The number of hydrogen-bond acceptors (Lipinski definition) is 4. The van der Waals surface area contributed by atoms with Crippen LogP contribution in [0.1, 0.15) is 88.0 Å². The molecule has 1 aliphatic rings. The number of aliphatic hydroxyl groups is 1. The van der Waals surface area contributed by atoms with Crippen molar-refractivity contribution in [3.8, 4) is 0 Å². The molecule has 7 atom stereocenters. The van der Waals surface area contributed by atoms with E-state index in [1.165, 1.54) is 5.57 Å². The van der Waals surface area contributed by atoms with E-state index in [0.29, 0.717) is 5.92 Å². The van der Waals surface area contributed by atoms with Crippen LogP contribution < -0.4 is 0 Å². The Bertz CT molecular complexity index is 801. The fourth-order valence-corrected chi connectivity index (χ4v) is 4.34. The third-order valence-corrected chi connectivity index (χ3v) is 6.85. The molecule has 36 heavy (non-hydrogen) atoms. The van der Waals surface area contributed by atoms with Crippen LogP contribution in [-0.4, -0.2) is 35.5 Å². The Morgan fingerprint density at radius 1 is 1.11 bits per heavy atom. The van der Waals surface area contributed by atoms with Gasteiger partial charge in [0.1, 0.15) is 5.78 Å². The largest absolute Gasteiger partial charge is 0.392 e. The van der Waals surface area contributed by atoms with Crippen LogP contribution in [0, 0.1) is 23.7 Å². The average molecular weight is 501 g/mol. The summed E-state index contributed by atoms with van der Waals surface area (Å²) in [4.78, 5) is 12.8. The maximum Gasteiger partial charge on any atom is 0.177 e. The number of carbonyl (C=O) groups is 1. The van der Waals surface area contributed by atoms with Crippen molar-refractivity contribution in [1.29, 1.82) is 0 Å². The zero-order chi connectivity index (χ0) is 27.3. The molecular weight excluding hydrogens is 448 g/mol. The van der Waals surface area contributed by atoms with Gasteiger partial charge < -0.3 is 14.6 Å². The van der Waals surface area contributed by atoms with Gasteiger partial charge in [-0.1, -0.05) is 102 Å². The van der Waals surface area contributed by atoms with Gasteiger partial charge in [0.15, 0.2) is 6.29 Å². The number of ether oxygens (including phenoxy) is 2. The lowest BCUT2D eigenvalue weighted by atomic mass is 9.84. The van der Waals surface area contributed by atoms with Gasteiger partial charge in [-0.05, 0) is 57.9 Å². The van der Waals surface area contributed by atoms with E-state index < -0.39 is 6.10 Å². The predicted octanol–water partition coefficient (Wildman–Crippen LogP) is 7.75. The van der Waals surface area contributed by atoms with Gasteiger partial charge in [-0.25, -0.2) is 0 Å². The van der Waals surface area contributed by atoms with Gasteiger partial charge in [0, 0.05) is 11.8 Å². The predicted molar refractivity (Wildman–Crippen MR) is 152 cm³/mol. The minimum Gasteiger partial charge on any atom is -0.392 e. The molecule has 0 aromatic carbocycles. The standard InChI is InChI=1S/C32H52O4/c1-10-25(7)31(33)27(9)32(34)26(8)20-23(5)14-12-15-24(6)21-28(11-2)18-19-29-16-13-17-30(36-29)35-22(3)4/h12-14,17-22,24-27,29-31,33H,10-11,15-16H2,1-9H3/b14-12+,19-18+,23-20+,28-21-/t24-,25+,26-,27-,29-,30-,31+/m1/s1. The highest BCUT2D eigenvalue weighted by Gasteiger charge is 2.28. The first-order valence-electron chi connectivity index (χ1n) is 13.9. The van der Waals surface area contributed by atoms with Gasteiger partial charge in [-0.3, -0.25) is 4.79 Å². The number of ketones is 1. The molecule has 4 heteroatoms. The van der Waals surface area contributed by atoms with Gasteiger partial charge in [0.05, 0.1) is 18.3 Å². The smallest absolute Gasteiger partial charge is 0.177 e. The topological polar surface area (TPSA) is 55.8 Å². The van der Waals surface area contributed by atoms with Crippen LogP contribution >= 0.6 is 0 Å². The molecule has 0 unspecified atom stereocenters. The number of Topliss-reactive ketones (excluding diaryl/α,β-unsaturated/α-hetero) is 1. The molecule has 204 valence electrons. The van der Waals surface area contributed by atoms with Crippen LogP contribution in [0.25, 0.3) is 0 Å². The highest BCUT2D eigenvalue weighted by Crippen LogP contribution is 2.22. The lowest BCUT2D eigenvalue weighted by molar-refractivity contribution is -0.154. The fraction of sp³-hybridized carbons (Fsp3) is 0.656. The van der Waals surface area contributed by atoms with E-state index in [1.54, 1.807) is 0 Å². The van der Waals surface area contributed by atoms with Crippen LogP contribution in [0.15, 0.2) is 59.8 Å². The van der Waals surface area contributed by atoms with E-state index >= 15 is 0 Å². The lowest BCUT2D eigenvalue weighted by Gasteiger charge is -2.25. The van der Waals surface area contributed by atoms with Gasteiger partial charge in [-0.2, -0.15) is 0 Å². The second-order valence-electron chi connectivity index (χ2n) is 10.7. The zero-order valence-electron chi connectivity index (χ0n) is 24.2. The Morgan fingerprint density at radius 3 is 2.42 bits per heavy atom. The summed E-state index contributed by atoms with van der Waals surface area (Å²) in [5.74, 6) is 0.0758. The highest BCUT2D eigenvalue weighted by atomic mass is 16.7. The molecule has 0 aromatic rings. The monoisotopic (exact) mass is 500 g/mol. The SMILES string of the molecule is CCC(=C/[C@H](C)C/C=C/C(C)=C/[C@@H](C)C(=O)[C@H](C)[C@@H](O)[C@@H](C)CC)/C=C/[C@H]1CC=C[C@H](OC(C)C)O1. The summed E-state index contributed by atoms with van der Waals surface area (Å²) in [6.07, 6.45) is 20.0. The molecule has 1 N–H and O–H groups in total. The maximum absolute atomic E-state index is 12.8. The van der Waals surface area contributed by atoms with E-state index in [9.17, 15) is 9.90 Å². The normalized spacial score (nSPS) is 23.9. The summed E-state index contributed by atoms with van der Waals surface area (Å²) in [7, 11) is 0. The molecule has 0 saturated heterocycles. The van der Waals surface area contributed by atoms with Crippen molar-refractivity contribution in [3.63, 3.8) is 0 Å². The number of aliphatic hydroxyl groups excluding tert-OH is 1. The summed E-state index contributed by atoms with van der Waals surface area (Å²) in [5, 5.41) is 10.4. The number of allylic oxidation sites excluding steroid dienone is 7. The van der Waals surface area contributed by atoms with Crippen LogP contribution in [-0.2, 0) is 14.3 Å². The molecule has 0 amide bonds. The minimum absolute atomic E-state index is 0.0374. The Morgan fingerprint density at radius 2 is 1.81 bits per heavy atom. The number of carbonyl (C=O) groups excluding carboxylic acids is 1. The van der Waals surface area contributed by atoms with Crippen molar-refractivity contribution in [1.82, 2.24) is 0 Å². The van der Waals surface area contributed by atoms with E-state index in [-0.39, 0.29) is 42.0 Å². The molecule has 0 saturated carbocycles. The molecule has 1 heterocycles. The first kappa shape index (κ1) is 32.3. The number of rotatable bonds is 15. The van der Waals surface area contributed by atoms with E-state index in [1.807, 2.05) is 60.6 Å². The molecule has 1 aliphatic heterocycles. The molecule has 1 rings (SSSR count). The zero-order valence-corrected chi connectivity index (χ0v) is 24.2. The Balaban J connectivity index is 2.63. The van der Waals surface area contributed by atoms with Gasteiger partial charge >= 0.3 is 0 Å². The maximum atomic E-state index is 12.8. The van der Waals surface area contributed by atoms with Crippen LogP contribution in [0.4, 0.5) is 0 Å². The third-order valence-electron chi connectivity index (χ3n) is 6.85. The molecule has 4 nitrogen and oxygen atoms in total. The molecule has 0 aliphatic carbocycles. The Labute approximate surface area is 221 Å². The van der Waals surface area contributed by atoms with Crippen LogP contribution in [0.5, 0.6) is 0 Å². The van der Waals surface area contributed by atoms with Crippen molar-refractivity contribution >= 4 is 5.78 Å². The van der Waals surface area contributed by atoms with Crippen molar-refractivity contribution in [3.05, 3.63) is 59.8 Å². The summed E-state index contributed by atoms with van der Waals surface area (Å²) in [6.45, 7) is 18.3. The van der Waals surface area contributed by atoms with Gasteiger partial charge in [-0.15, -0.1) is 0 Å². The van der Waals surface area contributed by atoms with E-state index in [0.717, 1.165) is 31.3 Å². The number of hydrogen-bond donors (Lipinski definition) is 1. The van der Waals surface area contributed by atoms with Crippen molar-refractivity contribution in [2.24, 2.45) is 23.7 Å². The average Bonchev–Trinajstić information content (AvgIpc) is 2.84. The van der Waals surface area contributed by atoms with Crippen molar-refractivity contribution in [2.75, 3.05) is 0 Å². The highest BCUT2D eigenvalue weighted by molar-refractivity contribution is 5.85. The van der Waals surface area contributed by atoms with E-state index in [4.69, 9.17) is 9.47 Å². The Kier molecular flexibility index (Phi) is 15.1. The quantitative estimate of drug-likeness (QED) is 0.184. The summed E-state index contributed by atoms with van der Waals surface area (Å²) in [5.41, 5.74) is 2.38. The minimum atomic E-state index is -0.584. The second kappa shape index (κ2) is 16.9. The third kappa shape index (κ3) is 12.0. The first-order chi connectivity index (χ1) is 17.0. The summed E-state index contributed by atoms with van der Waals surface area (Å²) < 4.78 is 11.8. The fourth-order valence-electron chi connectivity index (χ4n) is 4.34. The Hall–Kier alpha value is -1.75. The lowest BCUT2D eigenvalue weighted by Crippen LogP contribution is -2.33. The molecule has 0 spiro atoms. The van der Waals surface area contributed by atoms with E-state index in [2.05, 4.69) is 50.3 Å². The van der Waals surface area contributed by atoms with Crippen molar-refractivity contribution in [2.45, 2.75) is 113 Å². The first-order valence-corrected chi connectivity index (χ1v) is 13.9. The summed E-state index contributed by atoms with van der Waals surface area (Å²) >= 11 is 0. The molecule has 0 radical (unpaired) electrons. The molecule has 0 fully saturated rings. The molecular formula is C32H52O4. The molecule has 0 bridgehead atoms. The van der Waals surface area contributed by atoms with Crippen molar-refractivity contribution < 1.29 is 19.4 Å². The van der Waals surface area contributed by atoms with Crippen LogP contribution in [0.3, 0.4) is 0 Å². The molecule has 0 aromatic heterocycles. The van der Waals surface area contributed by atoms with Gasteiger partial charge in [0.2, 0.25) is 0 Å².